The fourth-order valence-electron chi connectivity index (χ4n) is 2.25. The van der Waals surface area contributed by atoms with Crippen molar-refractivity contribution in [1.29, 1.82) is 0 Å². The Morgan fingerprint density at radius 2 is 1.40 bits per heavy atom. The monoisotopic (exact) mass is 150 g/mol. The number of piperidine rings is 3. The van der Waals surface area contributed by atoms with E-state index in [2.05, 4.69) is 7.05 Å². The van der Waals surface area contributed by atoms with Crippen LogP contribution < -0.4 is 0 Å². The van der Waals surface area contributed by atoms with Crippen LogP contribution in [0.2, 0.25) is 0 Å². The van der Waals surface area contributed by atoms with Gasteiger partial charge < -0.3 is 4.48 Å². The zero-order valence-electron chi connectivity index (χ0n) is 6.27. The third-order valence-electron chi connectivity index (χ3n) is 3.23. The molecular formula is C8H17NNa+. The molecule has 0 aliphatic carbocycles. The molecule has 2 heteroatoms. The van der Waals surface area contributed by atoms with E-state index >= 15 is 0 Å². The second-order valence-corrected chi connectivity index (χ2v) is 4.02. The van der Waals surface area contributed by atoms with Gasteiger partial charge >= 0.3 is 29.6 Å². The van der Waals surface area contributed by atoms with Crippen molar-refractivity contribution in [2.75, 3.05) is 26.7 Å². The standard InChI is InChI=1S/C8H16N.Na.H/c1-9-5-2-8(3-6-9)4-7-9;;/h8H,2-7H2,1H3;;/q+1;;. The molecule has 0 unspecified atom stereocenters. The number of rotatable bonds is 0. The molecule has 1 nitrogen and oxygen atoms in total. The predicted molar refractivity (Wildman–Crippen MR) is 45.3 cm³/mol. The van der Waals surface area contributed by atoms with Gasteiger partial charge in [-0.05, 0) is 25.2 Å². The van der Waals surface area contributed by atoms with Gasteiger partial charge in [-0.15, -0.1) is 0 Å². The Morgan fingerprint density at radius 1 is 1.00 bits per heavy atom. The van der Waals surface area contributed by atoms with E-state index < -0.39 is 0 Å². The van der Waals surface area contributed by atoms with Crippen LogP contribution in [0.25, 0.3) is 0 Å². The van der Waals surface area contributed by atoms with E-state index in [0.717, 1.165) is 5.92 Å². The van der Waals surface area contributed by atoms with Crippen molar-refractivity contribution in [1.82, 2.24) is 0 Å². The van der Waals surface area contributed by atoms with Crippen molar-refractivity contribution in [3.63, 3.8) is 0 Å². The number of fused-ring (bicyclic) bond motifs is 3. The van der Waals surface area contributed by atoms with Gasteiger partial charge in [-0.25, -0.2) is 0 Å². The van der Waals surface area contributed by atoms with Crippen LogP contribution in [0.5, 0.6) is 0 Å². The summed E-state index contributed by atoms with van der Waals surface area (Å²) in [5, 5.41) is 0. The quantitative estimate of drug-likeness (QED) is 0.350. The average molecular weight is 150 g/mol. The molecule has 0 spiro atoms. The molecule has 3 saturated heterocycles. The van der Waals surface area contributed by atoms with Crippen LogP contribution in [0.3, 0.4) is 0 Å². The van der Waals surface area contributed by atoms with Crippen LogP contribution in [0.15, 0.2) is 0 Å². The molecular weight excluding hydrogens is 133 g/mol. The molecule has 0 aromatic heterocycles. The summed E-state index contributed by atoms with van der Waals surface area (Å²) < 4.78 is 1.39. The Hall–Kier alpha value is 0.960. The first-order valence-corrected chi connectivity index (χ1v) is 4.12. The van der Waals surface area contributed by atoms with Gasteiger partial charge in [0.1, 0.15) is 0 Å². The molecule has 0 radical (unpaired) electrons. The summed E-state index contributed by atoms with van der Waals surface area (Å²) in [6.07, 6.45) is 4.53. The summed E-state index contributed by atoms with van der Waals surface area (Å²) in [6, 6.07) is 0. The average Bonchev–Trinajstić information content (AvgIpc) is 1.90. The molecule has 0 aromatic carbocycles. The summed E-state index contributed by atoms with van der Waals surface area (Å²) >= 11 is 0. The van der Waals surface area contributed by atoms with Crippen LogP contribution in [-0.2, 0) is 0 Å². The summed E-state index contributed by atoms with van der Waals surface area (Å²) in [4.78, 5) is 0. The molecule has 0 atom stereocenters. The maximum atomic E-state index is 2.41. The Bertz CT molecular complexity index is 103. The Kier molecular flexibility index (Phi) is 2.84. The minimum absolute atomic E-state index is 0. The van der Waals surface area contributed by atoms with Crippen LogP contribution in [0.4, 0.5) is 0 Å². The Morgan fingerprint density at radius 3 is 1.60 bits per heavy atom. The number of nitrogens with zero attached hydrogens (tertiary/aromatic N) is 1. The first kappa shape index (κ1) is 9.05. The van der Waals surface area contributed by atoms with E-state index in [0.29, 0.717) is 0 Å². The molecule has 3 heterocycles. The zero-order chi connectivity index (χ0) is 6.32. The van der Waals surface area contributed by atoms with Crippen LogP contribution in [0.1, 0.15) is 19.3 Å². The van der Waals surface area contributed by atoms with Crippen molar-refractivity contribution < 1.29 is 4.48 Å². The van der Waals surface area contributed by atoms with Crippen molar-refractivity contribution in [2.24, 2.45) is 5.92 Å². The summed E-state index contributed by atoms with van der Waals surface area (Å²) in [6.45, 7) is 4.39. The van der Waals surface area contributed by atoms with Gasteiger partial charge in [-0.2, -0.15) is 0 Å². The van der Waals surface area contributed by atoms with E-state index in [1.54, 1.807) is 0 Å². The second kappa shape index (κ2) is 3.14. The van der Waals surface area contributed by atoms with Crippen molar-refractivity contribution in [3.05, 3.63) is 0 Å². The number of hydrogen-bond donors (Lipinski definition) is 0. The molecule has 3 aliphatic rings. The normalized spacial score (nSPS) is 44.7. The molecule has 54 valence electrons. The van der Waals surface area contributed by atoms with Gasteiger partial charge in [-0.3, -0.25) is 0 Å². The van der Waals surface area contributed by atoms with Crippen molar-refractivity contribution >= 4 is 29.6 Å². The van der Waals surface area contributed by atoms with E-state index in [4.69, 9.17) is 0 Å². The number of quaternary nitrogens is 1. The Labute approximate surface area is 85.7 Å². The van der Waals surface area contributed by atoms with Gasteiger partial charge in [0, 0.05) is 0 Å². The van der Waals surface area contributed by atoms with E-state index in [1.165, 1.54) is 43.4 Å². The van der Waals surface area contributed by atoms with Gasteiger partial charge in [0.05, 0.1) is 26.7 Å². The molecule has 3 rings (SSSR count). The van der Waals surface area contributed by atoms with E-state index in [-0.39, 0.29) is 29.6 Å². The fourth-order valence-corrected chi connectivity index (χ4v) is 2.25. The van der Waals surface area contributed by atoms with Crippen LogP contribution >= 0.6 is 0 Å². The molecule has 3 aliphatic heterocycles. The summed E-state index contributed by atoms with van der Waals surface area (Å²) in [5.74, 6) is 1.12. The third kappa shape index (κ3) is 1.58. The second-order valence-electron chi connectivity index (χ2n) is 4.02. The fraction of sp³-hybridized carbons (Fsp3) is 1.00. The Balaban J connectivity index is 0.000000500. The molecule has 3 fully saturated rings. The summed E-state index contributed by atoms with van der Waals surface area (Å²) in [5.41, 5.74) is 0. The van der Waals surface area contributed by atoms with Gasteiger partial charge in [-0.1, -0.05) is 0 Å². The van der Waals surface area contributed by atoms with Crippen LogP contribution in [-0.4, -0.2) is 60.7 Å². The molecule has 0 amide bonds. The SMILES string of the molecule is C[N+]12CCC(CC1)CC2.[NaH]. The third-order valence-corrected chi connectivity index (χ3v) is 3.23. The zero-order valence-corrected chi connectivity index (χ0v) is 6.27. The van der Waals surface area contributed by atoms with E-state index in [9.17, 15) is 0 Å². The van der Waals surface area contributed by atoms with Gasteiger partial charge in [0.15, 0.2) is 0 Å². The first-order valence-electron chi connectivity index (χ1n) is 4.12. The first-order chi connectivity index (χ1) is 4.29. The predicted octanol–water partition coefficient (Wildman–Crippen LogP) is 0.598. The summed E-state index contributed by atoms with van der Waals surface area (Å²) in [7, 11) is 2.41. The minimum atomic E-state index is 0. The molecule has 0 saturated carbocycles. The number of hydrogen-bond acceptors (Lipinski definition) is 0. The topological polar surface area (TPSA) is 0 Å². The van der Waals surface area contributed by atoms with E-state index in [1.807, 2.05) is 0 Å². The molecule has 2 bridgehead atoms. The molecule has 0 aromatic rings. The molecule has 10 heavy (non-hydrogen) atoms. The van der Waals surface area contributed by atoms with Gasteiger partial charge in [0.25, 0.3) is 0 Å². The van der Waals surface area contributed by atoms with Crippen molar-refractivity contribution in [3.8, 4) is 0 Å². The maximum absolute atomic E-state index is 2.41. The molecule has 0 N–H and O–H groups in total. The van der Waals surface area contributed by atoms with Crippen molar-refractivity contribution in [2.45, 2.75) is 19.3 Å². The van der Waals surface area contributed by atoms with Crippen LogP contribution in [0, 0.1) is 5.92 Å². The van der Waals surface area contributed by atoms with Gasteiger partial charge in [0.2, 0.25) is 0 Å².